The van der Waals surface area contributed by atoms with Crippen molar-refractivity contribution in [3.8, 4) is 0 Å². The van der Waals surface area contributed by atoms with Crippen LogP contribution in [0.5, 0.6) is 0 Å². The van der Waals surface area contributed by atoms with Gasteiger partial charge in [-0.25, -0.2) is 4.98 Å². The fourth-order valence-corrected chi connectivity index (χ4v) is 3.45. The van der Waals surface area contributed by atoms with Crippen LogP contribution < -0.4 is 5.73 Å². The van der Waals surface area contributed by atoms with Gasteiger partial charge in [0.1, 0.15) is 0 Å². The molecule has 2 aromatic rings. The molecule has 3 nitrogen and oxygen atoms in total. The van der Waals surface area contributed by atoms with Gasteiger partial charge in [0.05, 0.1) is 16.8 Å². The standard InChI is InChI=1S/C16H20N2OS/c17-15(12-5-2-1-3-6-12)9-13-11-20-16(18-13)10-14-7-4-8-19-14/h1-3,5-6,11,14-15H,4,7-10,17H2. The highest BCUT2D eigenvalue weighted by Gasteiger charge is 2.18. The molecule has 0 aliphatic carbocycles. The molecular weight excluding hydrogens is 268 g/mol. The Kier molecular flexibility index (Phi) is 4.45. The molecule has 3 rings (SSSR count). The summed E-state index contributed by atoms with van der Waals surface area (Å²) >= 11 is 1.73. The van der Waals surface area contributed by atoms with Crippen LogP contribution in [-0.4, -0.2) is 17.7 Å². The number of ether oxygens (including phenoxy) is 1. The first kappa shape index (κ1) is 13.7. The van der Waals surface area contributed by atoms with E-state index in [0.29, 0.717) is 6.10 Å². The van der Waals surface area contributed by atoms with Crippen molar-refractivity contribution in [1.29, 1.82) is 0 Å². The minimum absolute atomic E-state index is 0.0221. The van der Waals surface area contributed by atoms with Crippen molar-refractivity contribution in [1.82, 2.24) is 4.98 Å². The van der Waals surface area contributed by atoms with Gasteiger partial charge in [-0.3, -0.25) is 0 Å². The van der Waals surface area contributed by atoms with Crippen LogP contribution in [-0.2, 0) is 17.6 Å². The third-order valence-electron chi connectivity index (χ3n) is 3.68. The summed E-state index contributed by atoms with van der Waals surface area (Å²) in [5.74, 6) is 0. The molecule has 0 bridgehead atoms. The van der Waals surface area contributed by atoms with E-state index in [1.54, 1.807) is 11.3 Å². The highest BCUT2D eigenvalue weighted by Crippen LogP contribution is 2.22. The van der Waals surface area contributed by atoms with Gasteiger partial charge in [0.25, 0.3) is 0 Å². The summed E-state index contributed by atoms with van der Waals surface area (Å²) in [6.07, 6.45) is 4.47. The molecule has 1 aliphatic heterocycles. The van der Waals surface area contributed by atoms with E-state index in [1.807, 2.05) is 18.2 Å². The molecule has 0 saturated carbocycles. The molecule has 4 heteroatoms. The van der Waals surface area contributed by atoms with Crippen molar-refractivity contribution in [2.24, 2.45) is 5.73 Å². The number of nitrogens with zero attached hydrogens (tertiary/aromatic N) is 1. The molecule has 0 spiro atoms. The van der Waals surface area contributed by atoms with Crippen molar-refractivity contribution in [2.45, 2.75) is 37.8 Å². The molecule has 20 heavy (non-hydrogen) atoms. The fraction of sp³-hybridized carbons (Fsp3) is 0.438. The predicted octanol–water partition coefficient (Wildman–Crippen LogP) is 3.11. The quantitative estimate of drug-likeness (QED) is 0.919. The van der Waals surface area contributed by atoms with E-state index in [1.165, 1.54) is 23.4 Å². The molecule has 2 unspecified atom stereocenters. The Morgan fingerprint density at radius 2 is 2.20 bits per heavy atom. The molecular formula is C16H20N2OS. The van der Waals surface area contributed by atoms with Crippen LogP contribution in [0.2, 0.25) is 0 Å². The lowest BCUT2D eigenvalue weighted by molar-refractivity contribution is 0.111. The lowest BCUT2D eigenvalue weighted by Gasteiger charge is -2.10. The summed E-state index contributed by atoms with van der Waals surface area (Å²) in [5.41, 5.74) is 8.50. The average molecular weight is 288 g/mol. The summed E-state index contributed by atoms with van der Waals surface area (Å²) in [7, 11) is 0. The molecule has 0 radical (unpaired) electrons. The Labute approximate surface area is 123 Å². The zero-order valence-corrected chi connectivity index (χ0v) is 12.3. The monoisotopic (exact) mass is 288 g/mol. The molecule has 1 aliphatic rings. The highest BCUT2D eigenvalue weighted by molar-refractivity contribution is 7.09. The summed E-state index contributed by atoms with van der Waals surface area (Å²) in [6.45, 7) is 0.905. The second kappa shape index (κ2) is 6.48. The molecule has 1 fully saturated rings. The highest BCUT2D eigenvalue weighted by atomic mass is 32.1. The normalized spacial score (nSPS) is 20.1. The minimum atomic E-state index is 0.0221. The number of hydrogen-bond acceptors (Lipinski definition) is 4. The topological polar surface area (TPSA) is 48.1 Å². The van der Waals surface area contributed by atoms with Gasteiger partial charge in [-0.05, 0) is 18.4 Å². The first-order valence-corrected chi connectivity index (χ1v) is 8.04. The maximum absolute atomic E-state index is 6.24. The zero-order chi connectivity index (χ0) is 13.8. The maximum atomic E-state index is 6.24. The van der Waals surface area contributed by atoms with Crippen molar-refractivity contribution in [3.63, 3.8) is 0 Å². The largest absolute Gasteiger partial charge is 0.378 e. The van der Waals surface area contributed by atoms with Crippen LogP contribution in [0, 0.1) is 0 Å². The predicted molar refractivity (Wildman–Crippen MR) is 81.9 cm³/mol. The second-order valence-electron chi connectivity index (χ2n) is 5.29. The van der Waals surface area contributed by atoms with Gasteiger partial charge >= 0.3 is 0 Å². The number of rotatable bonds is 5. The van der Waals surface area contributed by atoms with Crippen LogP contribution in [0.3, 0.4) is 0 Å². The van der Waals surface area contributed by atoms with Gasteiger partial charge in [-0.15, -0.1) is 11.3 Å². The molecule has 2 heterocycles. The number of thiazole rings is 1. The van der Waals surface area contributed by atoms with Gasteiger partial charge < -0.3 is 10.5 Å². The Hall–Kier alpha value is -1.23. The molecule has 1 aromatic carbocycles. The minimum Gasteiger partial charge on any atom is -0.378 e. The Morgan fingerprint density at radius 1 is 1.35 bits per heavy atom. The van der Waals surface area contributed by atoms with Gasteiger partial charge in [0, 0.05) is 30.9 Å². The number of hydrogen-bond donors (Lipinski definition) is 1. The van der Waals surface area contributed by atoms with Crippen molar-refractivity contribution in [2.75, 3.05) is 6.61 Å². The number of benzene rings is 1. The first-order valence-electron chi connectivity index (χ1n) is 7.16. The van der Waals surface area contributed by atoms with Gasteiger partial charge in [-0.2, -0.15) is 0 Å². The molecule has 2 N–H and O–H groups in total. The first-order chi connectivity index (χ1) is 9.81. The SMILES string of the molecule is NC(Cc1csc(CC2CCCO2)n1)c1ccccc1. The smallest absolute Gasteiger partial charge is 0.0954 e. The van der Waals surface area contributed by atoms with E-state index in [0.717, 1.165) is 25.1 Å². The third-order valence-corrected chi connectivity index (χ3v) is 4.60. The molecule has 1 saturated heterocycles. The van der Waals surface area contributed by atoms with Crippen molar-refractivity contribution < 1.29 is 4.74 Å². The van der Waals surface area contributed by atoms with Crippen LogP contribution in [0.4, 0.5) is 0 Å². The molecule has 1 aromatic heterocycles. The van der Waals surface area contributed by atoms with E-state index in [9.17, 15) is 0 Å². The Balaban J connectivity index is 1.59. The summed E-state index contributed by atoms with van der Waals surface area (Å²) in [5, 5.41) is 3.31. The maximum Gasteiger partial charge on any atom is 0.0954 e. The number of nitrogens with two attached hydrogens (primary N) is 1. The lowest BCUT2D eigenvalue weighted by Crippen LogP contribution is -2.13. The molecule has 0 amide bonds. The number of aromatic nitrogens is 1. The van der Waals surface area contributed by atoms with Crippen LogP contribution in [0.15, 0.2) is 35.7 Å². The van der Waals surface area contributed by atoms with Crippen LogP contribution in [0.25, 0.3) is 0 Å². The Morgan fingerprint density at radius 3 is 2.95 bits per heavy atom. The zero-order valence-electron chi connectivity index (χ0n) is 11.5. The van der Waals surface area contributed by atoms with Crippen LogP contribution >= 0.6 is 11.3 Å². The molecule has 106 valence electrons. The van der Waals surface area contributed by atoms with Crippen LogP contribution in [0.1, 0.15) is 35.1 Å². The van der Waals surface area contributed by atoms with Gasteiger partial charge in [0.15, 0.2) is 0 Å². The summed E-state index contributed by atoms with van der Waals surface area (Å²) < 4.78 is 5.66. The third kappa shape index (κ3) is 3.45. The van der Waals surface area contributed by atoms with Gasteiger partial charge in [0.2, 0.25) is 0 Å². The summed E-state index contributed by atoms with van der Waals surface area (Å²) in [6, 6.07) is 10.2. The van der Waals surface area contributed by atoms with E-state index in [2.05, 4.69) is 17.5 Å². The summed E-state index contributed by atoms with van der Waals surface area (Å²) in [4.78, 5) is 4.70. The lowest BCUT2D eigenvalue weighted by atomic mass is 10.0. The van der Waals surface area contributed by atoms with Gasteiger partial charge in [-0.1, -0.05) is 30.3 Å². The van der Waals surface area contributed by atoms with E-state index in [-0.39, 0.29) is 6.04 Å². The average Bonchev–Trinajstić information content (AvgIpc) is 3.12. The second-order valence-corrected chi connectivity index (χ2v) is 6.24. The van der Waals surface area contributed by atoms with E-state index < -0.39 is 0 Å². The van der Waals surface area contributed by atoms with Crippen molar-refractivity contribution in [3.05, 3.63) is 52.0 Å². The van der Waals surface area contributed by atoms with E-state index >= 15 is 0 Å². The van der Waals surface area contributed by atoms with Crippen molar-refractivity contribution >= 4 is 11.3 Å². The fourth-order valence-electron chi connectivity index (χ4n) is 2.58. The van der Waals surface area contributed by atoms with E-state index in [4.69, 9.17) is 15.5 Å². The Bertz CT molecular complexity index is 534. The molecule has 2 atom stereocenters.